The summed E-state index contributed by atoms with van der Waals surface area (Å²) >= 11 is 6.05. The van der Waals surface area contributed by atoms with Gasteiger partial charge in [0.2, 0.25) is 5.91 Å². The maximum atomic E-state index is 12.5. The molecule has 0 bridgehead atoms. The number of benzene rings is 1. The summed E-state index contributed by atoms with van der Waals surface area (Å²) in [6.07, 6.45) is 5.96. The molecule has 0 saturated carbocycles. The van der Waals surface area contributed by atoms with E-state index in [1.165, 1.54) is 0 Å². The predicted molar refractivity (Wildman–Crippen MR) is 113 cm³/mol. The van der Waals surface area contributed by atoms with Crippen LogP contribution in [0, 0.1) is 0 Å². The summed E-state index contributed by atoms with van der Waals surface area (Å²) in [5.41, 5.74) is 0.842. The summed E-state index contributed by atoms with van der Waals surface area (Å²) in [7, 11) is 1.61. The van der Waals surface area contributed by atoms with Crippen molar-refractivity contribution in [2.45, 2.75) is 37.8 Å². The third kappa shape index (κ3) is 6.49. The number of carbonyl (C=O) groups is 1. The van der Waals surface area contributed by atoms with E-state index < -0.39 is 6.10 Å². The highest BCUT2D eigenvalue weighted by Gasteiger charge is 2.28. The molecule has 3 rings (SSSR count). The number of hydrogen-bond donors (Lipinski definition) is 2. The molecule has 0 unspecified atom stereocenters. The lowest BCUT2D eigenvalue weighted by molar-refractivity contribution is -0.123. The SMILES string of the molecule is COc1ccc(OCCC(=O)N[C@H](CN2CCCC2)[C@H](O)C2=CC=C(Cl)C2)cc1. The van der Waals surface area contributed by atoms with Crippen LogP contribution in [0.4, 0.5) is 0 Å². The van der Waals surface area contributed by atoms with E-state index in [1.54, 1.807) is 25.3 Å². The summed E-state index contributed by atoms with van der Waals surface area (Å²) in [6.45, 7) is 2.89. The molecule has 158 valence electrons. The van der Waals surface area contributed by atoms with Crippen molar-refractivity contribution >= 4 is 17.5 Å². The number of amides is 1. The monoisotopic (exact) mass is 420 g/mol. The van der Waals surface area contributed by atoms with Crippen LogP contribution in [0.3, 0.4) is 0 Å². The molecule has 1 aliphatic heterocycles. The Labute approximate surface area is 177 Å². The molecule has 0 aromatic heterocycles. The van der Waals surface area contributed by atoms with Crippen molar-refractivity contribution in [2.75, 3.05) is 33.4 Å². The Hall–Kier alpha value is -2.02. The van der Waals surface area contributed by atoms with Gasteiger partial charge in [-0.3, -0.25) is 4.79 Å². The van der Waals surface area contributed by atoms with Gasteiger partial charge in [0, 0.05) is 18.0 Å². The van der Waals surface area contributed by atoms with Crippen molar-refractivity contribution in [3.63, 3.8) is 0 Å². The van der Waals surface area contributed by atoms with Gasteiger partial charge in [-0.15, -0.1) is 0 Å². The fourth-order valence-electron chi connectivity index (χ4n) is 3.65. The fraction of sp³-hybridized carbons (Fsp3) is 0.500. The molecule has 1 aliphatic carbocycles. The highest BCUT2D eigenvalue weighted by atomic mass is 35.5. The molecule has 0 radical (unpaired) electrons. The van der Waals surface area contributed by atoms with Crippen LogP contribution in [0.25, 0.3) is 0 Å². The average molecular weight is 421 g/mol. The first kappa shape index (κ1) is 21.7. The smallest absolute Gasteiger partial charge is 0.223 e. The molecule has 29 heavy (non-hydrogen) atoms. The zero-order valence-corrected chi connectivity index (χ0v) is 17.5. The number of allylic oxidation sites excluding steroid dienone is 3. The molecule has 2 atom stereocenters. The standard InChI is InChI=1S/C22H29ClN2O4/c1-28-18-6-8-19(9-7-18)29-13-10-21(26)24-20(15-25-11-2-3-12-25)22(27)16-4-5-17(23)14-16/h4-9,20,22,27H,2-3,10-15H2,1H3,(H,24,26)/t20-,22-/m1/s1. The van der Waals surface area contributed by atoms with Crippen LogP contribution in [-0.2, 0) is 4.79 Å². The number of ether oxygens (including phenoxy) is 2. The maximum absolute atomic E-state index is 12.5. The molecule has 1 fully saturated rings. The van der Waals surface area contributed by atoms with E-state index in [4.69, 9.17) is 21.1 Å². The van der Waals surface area contributed by atoms with Gasteiger partial charge in [-0.05, 0) is 61.8 Å². The van der Waals surface area contributed by atoms with Crippen LogP contribution in [0.1, 0.15) is 25.7 Å². The Morgan fingerprint density at radius 2 is 1.90 bits per heavy atom. The molecule has 6 nitrogen and oxygen atoms in total. The van der Waals surface area contributed by atoms with Crippen LogP contribution < -0.4 is 14.8 Å². The quantitative estimate of drug-likeness (QED) is 0.609. The number of halogens is 1. The van der Waals surface area contributed by atoms with Gasteiger partial charge in [-0.25, -0.2) is 0 Å². The molecule has 2 N–H and O–H groups in total. The number of nitrogens with one attached hydrogen (secondary N) is 1. The second-order valence-corrected chi connectivity index (χ2v) is 7.92. The van der Waals surface area contributed by atoms with Gasteiger partial charge in [-0.2, -0.15) is 0 Å². The number of hydrogen-bond acceptors (Lipinski definition) is 5. The highest BCUT2D eigenvalue weighted by Crippen LogP contribution is 2.26. The zero-order valence-electron chi connectivity index (χ0n) is 16.8. The van der Waals surface area contributed by atoms with Crippen molar-refractivity contribution < 1.29 is 19.4 Å². The number of rotatable bonds is 10. The first-order valence-corrected chi connectivity index (χ1v) is 10.4. The van der Waals surface area contributed by atoms with Crippen molar-refractivity contribution in [3.05, 3.63) is 47.0 Å². The van der Waals surface area contributed by atoms with E-state index in [-0.39, 0.29) is 25.0 Å². The van der Waals surface area contributed by atoms with E-state index in [0.717, 1.165) is 37.3 Å². The van der Waals surface area contributed by atoms with Gasteiger partial charge in [-0.1, -0.05) is 17.7 Å². The largest absolute Gasteiger partial charge is 0.497 e. The Balaban J connectivity index is 1.50. The van der Waals surface area contributed by atoms with Crippen molar-refractivity contribution in [1.29, 1.82) is 0 Å². The van der Waals surface area contributed by atoms with Gasteiger partial charge in [0.1, 0.15) is 11.5 Å². The van der Waals surface area contributed by atoms with Crippen molar-refractivity contribution in [3.8, 4) is 11.5 Å². The minimum atomic E-state index is -0.755. The number of methoxy groups -OCH3 is 1. The van der Waals surface area contributed by atoms with Crippen LogP contribution in [-0.4, -0.2) is 61.4 Å². The Morgan fingerprint density at radius 1 is 1.21 bits per heavy atom. The molecule has 1 amide bonds. The minimum Gasteiger partial charge on any atom is -0.497 e. The van der Waals surface area contributed by atoms with Crippen molar-refractivity contribution in [2.24, 2.45) is 0 Å². The van der Waals surface area contributed by atoms with Crippen LogP contribution in [0.15, 0.2) is 47.0 Å². The van der Waals surface area contributed by atoms with E-state index >= 15 is 0 Å². The molecule has 7 heteroatoms. The van der Waals surface area contributed by atoms with Gasteiger partial charge in [0.05, 0.1) is 32.3 Å². The van der Waals surface area contributed by atoms with E-state index in [9.17, 15) is 9.90 Å². The molecule has 1 heterocycles. The van der Waals surface area contributed by atoms with Gasteiger partial charge < -0.3 is 24.8 Å². The summed E-state index contributed by atoms with van der Waals surface area (Å²) in [6, 6.07) is 6.86. The van der Waals surface area contributed by atoms with Gasteiger partial charge in [0.25, 0.3) is 0 Å². The lowest BCUT2D eigenvalue weighted by Gasteiger charge is -2.29. The summed E-state index contributed by atoms with van der Waals surface area (Å²) < 4.78 is 10.8. The predicted octanol–water partition coefficient (Wildman–Crippen LogP) is 2.86. The lowest BCUT2D eigenvalue weighted by Crippen LogP contribution is -2.50. The van der Waals surface area contributed by atoms with Gasteiger partial charge in [0.15, 0.2) is 0 Å². The molecule has 1 saturated heterocycles. The summed E-state index contributed by atoms with van der Waals surface area (Å²) in [5, 5.41) is 14.6. The molecular formula is C22H29ClN2O4. The molecule has 2 aliphatic rings. The van der Waals surface area contributed by atoms with Crippen LogP contribution >= 0.6 is 11.6 Å². The number of carbonyl (C=O) groups excluding carboxylic acids is 1. The first-order valence-electron chi connectivity index (χ1n) is 10.1. The van der Waals surface area contributed by atoms with Gasteiger partial charge >= 0.3 is 0 Å². The molecular weight excluding hydrogens is 392 g/mol. The van der Waals surface area contributed by atoms with Crippen LogP contribution in [0.2, 0.25) is 0 Å². The third-order valence-corrected chi connectivity index (χ3v) is 5.53. The summed E-state index contributed by atoms with van der Waals surface area (Å²) in [4.78, 5) is 14.8. The van der Waals surface area contributed by atoms with Crippen molar-refractivity contribution in [1.82, 2.24) is 10.2 Å². The normalized spacial score (nSPS) is 18.7. The topological polar surface area (TPSA) is 71.0 Å². The lowest BCUT2D eigenvalue weighted by atomic mass is 10.0. The van der Waals surface area contributed by atoms with E-state index in [1.807, 2.05) is 18.2 Å². The number of likely N-dealkylation sites (tertiary alicyclic amines) is 1. The number of aliphatic hydroxyl groups is 1. The minimum absolute atomic E-state index is 0.139. The third-order valence-electron chi connectivity index (χ3n) is 5.27. The van der Waals surface area contributed by atoms with E-state index in [2.05, 4.69) is 10.2 Å². The Kier molecular flexibility index (Phi) is 7.98. The first-order chi connectivity index (χ1) is 14.0. The number of aliphatic hydroxyl groups excluding tert-OH is 1. The Bertz CT molecular complexity index is 742. The second kappa shape index (κ2) is 10.7. The maximum Gasteiger partial charge on any atom is 0.223 e. The Morgan fingerprint density at radius 3 is 2.52 bits per heavy atom. The summed E-state index contributed by atoms with van der Waals surface area (Å²) in [5.74, 6) is 1.30. The zero-order chi connectivity index (χ0) is 20.6. The fourth-order valence-corrected chi connectivity index (χ4v) is 3.87. The molecule has 1 aromatic carbocycles. The molecule has 0 spiro atoms. The molecule has 1 aromatic rings. The van der Waals surface area contributed by atoms with E-state index in [0.29, 0.717) is 23.7 Å². The van der Waals surface area contributed by atoms with Crippen LogP contribution in [0.5, 0.6) is 11.5 Å². The average Bonchev–Trinajstić information content (AvgIpc) is 3.39. The highest BCUT2D eigenvalue weighted by molar-refractivity contribution is 6.30. The second-order valence-electron chi connectivity index (χ2n) is 7.43. The number of nitrogens with zero attached hydrogens (tertiary/aromatic N) is 1.